The van der Waals surface area contributed by atoms with E-state index in [9.17, 15) is 9.59 Å². The number of benzene rings is 2. The van der Waals surface area contributed by atoms with E-state index < -0.39 is 11.5 Å². The number of hydrogen-bond donors (Lipinski definition) is 1. The lowest BCUT2D eigenvalue weighted by molar-refractivity contribution is 0.0950. The second kappa shape index (κ2) is 8.95. The third-order valence-corrected chi connectivity index (χ3v) is 5.49. The summed E-state index contributed by atoms with van der Waals surface area (Å²) in [7, 11) is 0. The van der Waals surface area contributed by atoms with Crippen molar-refractivity contribution in [3.63, 3.8) is 0 Å². The molecule has 1 aromatic heterocycles. The van der Waals surface area contributed by atoms with E-state index in [4.69, 9.17) is 4.42 Å². The van der Waals surface area contributed by atoms with Gasteiger partial charge in [-0.2, -0.15) is 0 Å². The van der Waals surface area contributed by atoms with Crippen LogP contribution < -0.4 is 15.8 Å². The highest BCUT2D eigenvalue weighted by atomic mass is 16.4. The number of rotatable bonds is 5. The van der Waals surface area contributed by atoms with Gasteiger partial charge in [0.1, 0.15) is 11.1 Å². The molecule has 1 N–H and O–H groups in total. The third kappa shape index (κ3) is 4.67. The highest BCUT2D eigenvalue weighted by molar-refractivity contribution is 5.96. The van der Waals surface area contributed by atoms with Crippen molar-refractivity contribution in [3.8, 4) is 0 Å². The number of hydrogen-bond acceptors (Lipinski definition) is 4. The number of anilines is 1. The number of nitrogens with one attached hydrogen (secondary N) is 1. The highest BCUT2D eigenvalue weighted by Crippen LogP contribution is 2.20. The quantitative estimate of drug-likeness (QED) is 0.665. The predicted octanol–water partition coefficient (Wildman–Crippen LogP) is 4.15. The van der Waals surface area contributed by atoms with Gasteiger partial charge in [-0.1, -0.05) is 43.2 Å². The molecular formula is C24H26N2O3. The van der Waals surface area contributed by atoms with Crippen LogP contribution in [0, 0.1) is 0 Å². The maximum absolute atomic E-state index is 12.4. The van der Waals surface area contributed by atoms with Gasteiger partial charge in [-0.25, -0.2) is 4.79 Å². The van der Waals surface area contributed by atoms with Gasteiger partial charge in [0.2, 0.25) is 0 Å². The molecule has 0 atom stereocenters. The van der Waals surface area contributed by atoms with Crippen molar-refractivity contribution in [1.29, 1.82) is 0 Å². The number of nitrogens with zero attached hydrogens (tertiary/aromatic N) is 1. The number of carbonyl (C=O) groups is 1. The van der Waals surface area contributed by atoms with E-state index in [-0.39, 0.29) is 5.56 Å². The van der Waals surface area contributed by atoms with Crippen LogP contribution >= 0.6 is 0 Å². The van der Waals surface area contributed by atoms with Crippen molar-refractivity contribution in [3.05, 3.63) is 76.1 Å². The zero-order valence-corrected chi connectivity index (χ0v) is 16.5. The molecule has 1 fully saturated rings. The Labute approximate surface area is 170 Å². The van der Waals surface area contributed by atoms with E-state index in [0.29, 0.717) is 18.5 Å². The van der Waals surface area contributed by atoms with Gasteiger partial charge in [-0.05, 0) is 49.1 Å². The van der Waals surface area contributed by atoms with Crippen LogP contribution in [0.15, 0.2) is 63.8 Å². The third-order valence-electron chi connectivity index (χ3n) is 5.49. The topological polar surface area (TPSA) is 62.6 Å². The molecule has 0 aliphatic carbocycles. The summed E-state index contributed by atoms with van der Waals surface area (Å²) < 4.78 is 5.24. The smallest absolute Gasteiger partial charge is 0.349 e. The van der Waals surface area contributed by atoms with Crippen molar-refractivity contribution in [1.82, 2.24) is 5.32 Å². The first-order valence-corrected chi connectivity index (χ1v) is 10.4. The maximum atomic E-state index is 12.4. The van der Waals surface area contributed by atoms with Crippen LogP contribution in [-0.2, 0) is 6.42 Å². The fourth-order valence-electron chi connectivity index (χ4n) is 3.84. The van der Waals surface area contributed by atoms with Crippen LogP contribution in [0.2, 0.25) is 0 Å². The molecule has 2 heterocycles. The molecule has 0 unspecified atom stereocenters. The lowest BCUT2D eigenvalue weighted by atomic mass is 10.1. The molecule has 1 aliphatic heterocycles. The van der Waals surface area contributed by atoms with E-state index >= 15 is 0 Å². The molecule has 0 bridgehead atoms. The molecule has 0 saturated carbocycles. The Hall–Kier alpha value is -3.08. The first-order chi connectivity index (χ1) is 14.2. The summed E-state index contributed by atoms with van der Waals surface area (Å²) in [6, 6.07) is 17.3. The molecule has 5 nitrogen and oxygen atoms in total. The Kier molecular flexibility index (Phi) is 5.94. The van der Waals surface area contributed by atoms with Gasteiger partial charge >= 0.3 is 5.63 Å². The largest absolute Gasteiger partial charge is 0.422 e. The summed E-state index contributed by atoms with van der Waals surface area (Å²) in [4.78, 5) is 27.0. The van der Waals surface area contributed by atoms with E-state index in [1.807, 2.05) is 12.1 Å². The van der Waals surface area contributed by atoms with Crippen molar-refractivity contribution in [2.75, 3.05) is 24.5 Å². The first kappa shape index (κ1) is 19.2. The molecule has 1 saturated heterocycles. The summed E-state index contributed by atoms with van der Waals surface area (Å²) in [5.74, 6) is -0.398. The zero-order chi connectivity index (χ0) is 20.1. The molecule has 5 heteroatoms. The van der Waals surface area contributed by atoms with E-state index in [0.717, 1.165) is 24.0 Å². The molecule has 4 rings (SSSR count). The van der Waals surface area contributed by atoms with Crippen molar-refractivity contribution in [2.45, 2.75) is 32.1 Å². The minimum absolute atomic E-state index is 0.0419. The lowest BCUT2D eigenvalue weighted by Gasteiger charge is -2.22. The molecule has 29 heavy (non-hydrogen) atoms. The van der Waals surface area contributed by atoms with Crippen LogP contribution in [-0.4, -0.2) is 25.5 Å². The van der Waals surface area contributed by atoms with Gasteiger partial charge in [-0.3, -0.25) is 4.79 Å². The summed E-state index contributed by atoms with van der Waals surface area (Å²) in [6.07, 6.45) is 5.88. The average molecular weight is 390 g/mol. The summed E-state index contributed by atoms with van der Waals surface area (Å²) in [5.41, 5.74) is 2.35. The Bertz CT molecular complexity index is 1030. The fourth-order valence-corrected chi connectivity index (χ4v) is 3.84. The molecule has 150 valence electrons. The number of amides is 1. The Morgan fingerprint density at radius 2 is 1.69 bits per heavy atom. The van der Waals surface area contributed by atoms with Crippen molar-refractivity contribution < 1.29 is 9.21 Å². The molecule has 0 radical (unpaired) electrons. The number of fused-ring (bicyclic) bond motifs is 1. The number of para-hydroxylation sites is 1. The summed E-state index contributed by atoms with van der Waals surface area (Å²) in [5, 5.41) is 3.57. The van der Waals surface area contributed by atoms with Gasteiger partial charge in [0.15, 0.2) is 0 Å². The minimum atomic E-state index is -0.608. The monoisotopic (exact) mass is 390 g/mol. The SMILES string of the molecule is O=C(NCCc1ccc(N2CCCCCC2)cc1)c1cc2ccccc2oc1=O. The van der Waals surface area contributed by atoms with Crippen molar-refractivity contribution in [2.24, 2.45) is 0 Å². The second-order valence-corrected chi connectivity index (χ2v) is 7.56. The molecule has 1 amide bonds. The Balaban J connectivity index is 1.34. The minimum Gasteiger partial charge on any atom is -0.422 e. The molecular weight excluding hydrogens is 364 g/mol. The molecule has 2 aromatic carbocycles. The van der Waals surface area contributed by atoms with Gasteiger partial charge in [-0.15, -0.1) is 0 Å². The van der Waals surface area contributed by atoms with E-state index in [2.05, 4.69) is 34.5 Å². The average Bonchev–Trinajstić information content (AvgIpc) is 3.03. The van der Waals surface area contributed by atoms with Crippen molar-refractivity contribution >= 4 is 22.6 Å². The molecule has 0 spiro atoms. The molecule has 1 aliphatic rings. The predicted molar refractivity (Wildman–Crippen MR) is 116 cm³/mol. The Morgan fingerprint density at radius 1 is 0.966 bits per heavy atom. The first-order valence-electron chi connectivity index (χ1n) is 10.4. The van der Waals surface area contributed by atoms with Gasteiger partial charge in [0.25, 0.3) is 5.91 Å². The standard InChI is InChI=1S/C24H26N2O3/c27-23(21-17-19-7-3-4-8-22(19)29-24(21)28)25-14-13-18-9-11-20(12-10-18)26-15-5-1-2-6-16-26/h3-4,7-12,17H,1-2,5-6,13-16H2,(H,25,27). The normalized spacial score (nSPS) is 14.6. The lowest BCUT2D eigenvalue weighted by Crippen LogP contribution is -2.29. The highest BCUT2D eigenvalue weighted by Gasteiger charge is 2.13. The van der Waals surface area contributed by atoms with E-state index in [1.54, 1.807) is 18.2 Å². The fraction of sp³-hybridized carbons (Fsp3) is 0.333. The zero-order valence-electron chi connectivity index (χ0n) is 16.5. The number of carbonyl (C=O) groups excluding carboxylic acids is 1. The van der Waals surface area contributed by atoms with Crippen LogP contribution in [0.1, 0.15) is 41.6 Å². The summed E-state index contributed by atoms with van der Waals surface area (Å²) in [6.45, 7) is 2.72. The van der Waals surface area contributed by atoms with Gasteiger partial charge in [0, 0.05) is 30.7 Å². The maximum Gasteiger partial charge on any atom is 0.349 e. The van der Waals surface area contributed by atoms with Gasteiger partial charge in [0.05, 0.1) is 0 Å². The van der Waals surface area contributed by atoms with Crippen LogP contribution in [0.4, 0.5) is 5.69 Å². The second-order valence-electron chi connectivity index (χ2n) is 7.56. The summed E-state index contributed by atoms with van der Waals surface area (Å²) >= 11 is 0. The van der Waals surface area contributed by atoms with Crippen LogP contribution in [0.25, 0.3) is 11.0 Å². The molecule has 3 aromatic rings. The van der Waals surface area contributed by atoms with E-state index in [1.165, 1.54) is 31.4 Å². The Morgan fingerprint density at radius 3 is 2.45 bits per heavy atom. The van der Waals surface area contributed by atoms with Crippen LogP contribution in [0.5, 0.6) is 0 Å². The van der Waals surface area contributed by atoms with Crippen LogP contribution in [0.3, 0.4) is 0 Å². The van der Waals surface area contributed by atoms with Gasteiger partial charge < -0.3 is 14.6 Å².